The summed E-state index contributed by atoms with van der Waals surface area (Å²) in [6.45, 7) is 4.38. The van der Waals surface area contributed by atoms with Crippen molar-refractivity contribution < 1.29 is 4.74 Å². The van der Waals surface area contributed by atoms with Crippen molar-refractivity contribution in [2.75, 3.05) is 5.88 Å². The first-order chi connectivity index (χ1) is 10.2. The van der Waals surface area contributed by atoms with Gasteiger partial charge in [0.05, 0.1) is 6.10 Å². The number of aryl methyl sites for hydroxylation is 1. The lowest BCUT2D eigenvalue weighted by atomic mass is 9.85. The number of alkyl halides is 1. The summed E-state index contributed by atoms with van der Waals surface area (Å²) >= 11 is 5.63. The summed E-state index contributed by atoms with van der Waals surface area (Å²) in [5.41, 5.74) is 2.21. The van der Waals surface area contributed by atoms with Crippen LogP contribution < -0.4 is 4.74 Å². The molecule has 0 aromatic heterocycles. The van der Waals surface area contributed by atoms with E-state index >= 15 is 0 Å². The normalized spacial score (nSPS) is 21.5. The lowest BCUT2D eigenvalue weighted by Gasteiger charge is -2.29. The monoisotopic (exact) mass is 304 g/mol. The van der Waals surface area contributed by atoms with Crippen molar-refractivity contribution in [2.24, 2.45) is 5.92 Å². The molecule has 0 aliphatic heterocycles. The fraction of sp³-hybridized carbons (Fsp3) is 0.579. The molecule has 2 rings (SSSR count). The van der Waals surface area contributed by atoms with Crippen molar-refractivity contribution in [3.8, 4) is 17.6 Å². The van der Waals surface area contributed by atoms with E-state index < -0.39 is 0 Å². The molecule has 0 heterocycles. The number of ether oxygens (including phenoxy) is 1. The van der Waals surface area contributed by atoms with Gasteiger partial charge in [0.1, 0.15) is 5.75 Å². The standard InChI is InChI=1S/C19H25ClO/c1-3-16-8-6-9-18(14-16)21-19-11-10-17(13-15(19)2)7-4-5-12-20/h10-11,13,16,18H,3,5-6,8-9,12,14H2,1-2H3. The highest BCUT2D eigenvalue weighted by molar-refractivity contribution is 6.18. The van der Waals surface area contributed by atoms with Crippen molar-refractivity contribution in [1.82, 2.24) is 0 Å². The molecule has 0 amide bonds. The Morgan fingerprint density at radius 2 is 2.19 bits per heavy atom. The maximum absolute atomic E-state index is 6.23. The molecular formula is C19H25ClO. The molecule has 0 bridgehead atoms. The van der Waals surface area contributed by atoms with Crippen molar-refractivity contribution in [2.45, 2.75) is 58.5 Å². The van der Waals surface area contributed by atoms with Crippen LogP contribution in [0, 0.1) is 24.7 Å². The Morgan fingerprint density at radius 1 is 1.33 bits per heavy atom. The molecule has 1 aliphatic carbocycles. The summed E-state index contributed by atoms with van der Waals surface area (Å²) in [6.07, 6.45) is 7.44. The Kier molecular flexibility index (Phi) is 6.46. The van der Waals surface area contributed by atoms with Crippen LogP contribution in [-0.2, 0) is 0 Å². The van der Waals surface area contributed by atoms with E-state index in [1.807, 2.05) is 6.07 Å². The third-order valence-corrected chi connectivity index (χ3v) is 4.42. The minimum atomic E-state index is 0.385. The number of halogens is 1. The van der Waals surface area contributed by atoms with E-state index in [2.05, 4.69) is 37.8 Å². The molecule has 2 unspecified atom stereocenters. The van der Waals surface area contributed by atoms with Crippen LogP contribution in [0.1, 0.15) is 56.6 Å². The molecule has 21 heavy (non-hydrogen) atoms. The SMILES string of the molecule is CCC1CCCC(Oc2ccc(C#CCCCl)cc2C)C1. The zero-order valence-corrected chi connectivity index (χ0v) is 13.9. The van der Waals surface area contributed by atoms with Crippen molar-refractivity contribution in [1.29, 1.82) is 0 Å². The summed E-state index contributed by atoms with van der Waals surface area (Å²) in [4.78, 5) is 0. The fourth-order valence-corrected chi connectivity index (χ4v) is 3.06. The number of hydrogen-bond acceptors (Lipinski definition) is 1. The van der Waals surface area contributed by atoms with Crippen LogP contribution in [0.2, 0.25) is 0 Å². The predicted octanol–water partition coefficient (Wildman–Crippen LogP) is 5.32. The van der Waals surface area contributed by atoms with E-state index in [1.165, 1.54) is 37.7 Å². The van der Waals surface area contributed by atoms with Crippen LogP contribution in [-0.4, -0.2) is 12.0 Å². The van der Waals surface area contributed by atoms with E-state index in [-0.39, 0.29) is 0 Å². The van der Waals surface area contributed by atoms with E-state index in [4.69, 9.17) is 16.3 Å². The summed E-state index contributed by atoms with van der Waals surface area (Å²) in [7, 11) is 0. The third-order valence-electron chi connectivity index (χ3n) is 4.23. The molecule has 1 saturated carbocycles. The van der Waals surface area contributed by atoms with Crippen LogP contribution >= 0.6 is 11.6 Å². The lowest BCUT2D eigenvalue weighted by Crippen LogP contribution is -2.25. The van der Waals surface area contributed by atoms with Crippen LogP contribution in [0.3, 0.4) is 0 Å². The fourth-order valence-electron chi connectivity index (χ4n) is 2.97. The van der Waals surface area contributed by atoms with Gasteiger partial charge in [-0.3, -0.25) is 0 Å². The summed E-state index contributed by atoms with van der Waals surface area (Å²) < 4.78 is 6.23. The summed E-state index contributed by atoms with van der Waals surface area (Å²) in [6, 6.07) is 6.22. The molecule has 0 N–H and O–H groups in total. The average Bonchev–Trinajstić information content (AvgIpc) is 2.50. The van der Waals surface area contributed by atoms with Crippen LogP contribution in [0.15, 0.2) is 18.2 Å². The Balaban J connectivity index is 1.99. The van der Waals surface area contributed by atoms with Gasteiger partial charge in [0.25, 0.3) is 0 Å². The van der Waals surface area contributed by atoms with E-state index in [0.717, 1.165) is 23.7 Å². The molecule has 1 fully saturated rings. The highest BCUT2D eigenvalue weighted by Crippen LogP contribution is 2.30. The first-order valence-corrected chi connectivity index (χ1v) is 8.58. The molecule has 1 nitrogen and oxygen atoms in total. The minimum Gasteiger partial charge on any atom is -0.490 e. The summed E-state index contributed by atoms with van der Waals surface area (Å²) in [5.74, 6) is 8.66. The highest BCUT2D eigenvalue weighted by Gasteiger charge is 2.22. The second-order valence-corrected chi connectivity index (χ2v) is 6.28. The van der Waals surface area contributed by atoms with Crippen molar-refractivity contribution in [3.63, 3.8) is 0 Å². The minimum absolute atomic E-state index is 0.385. The number of hydrogen-bond donors (Lipinski definition) is 0. The molecule has 1 aromatic rings. The zero-order valence-electron chi connectivity index (χ0n) is 13.1. The molecule has 0 saturated heterocycles. The first-order valence-electron chi connectivity index (χ1n) is 8.05. The van der Waals surface area contributed by atoms with E-state index in [9.17, 15) is 0 Å². The topological polar surface area (TPSA) is 9.23 Å². The van der Waals surface area contributed by atoms with Crippen molar-refractivity contribution >= 4 is 11.6 Å². The second-order valence-electron chi connectivity index (χ2n) is 5.90. The molecule has 2 atom stereocenters. The third kappa shape index (κ3) is 4.97. The molecule has 1 aliphatic rings. The smallest absolute Gasteiger partial charge is 0.122 e. The molecular weight excluding hydrogens is 280 g/mol. The molecule has 1 aromatic carbocycles. The van der Waals surface area contributed by atoms with Gasteiger partial charge in [0.15, 0.2) is 0 Å². The van der Waals surface area contributed by atoms with Gasteiger partial charge >= 0.3 is 0 Å². The van der Waals surface area contributed by atoms with E-state index in [0.29, 0.717) is 12.0 Å². The van der Waals surface area contributed by atoms with Gasteiger partial charge in [-0.15, -0.1) is 11.6 Å². The van der Waals surface area contributed by atoms with Gasteiger partial charge in [-0.25, -0.2) is 0 Å². The van der Waals surface area contributed by atoms with Crippen LogP contribution in [0.25, 0.3) is 0 Å². The lowest BCUT2D eigenvalue weighted by molar-refractivity contribution is 0.121. The number of rotatable bonds is 4. The predicted molar refractivity (Wildman–Crippen MR) is 90.1 cm³/mol. The van der Waals surface area contributed by atoms with Gasteiger partial charge in [0, 0.05) is 17.9 Å². The Bertz CT molecular complexity index is 512. The van der Waals surface area contributed by atoms with Crippen LogP contribution in [0.5, 0.6) is 5.75 Å². The number of benzene rings is 1. The largest absolute Gasteiger partial charge is 0.490 e. The van der Waals surface area contributed by atoms with Gasteiger partial charge in [0.2, 0.25) is 0 Å². The Labute approximate surface area is 134 Å². The van der Waals surface area contributed by atoms with Gasteiger partial charge in [-0.1, -0.05) is 31.6 Å². The Hall–Kier alpha value is -1.13. The first kappa shape index (κ1) is 16.2. The maximum Gasteiger partial charge on any atom is 0.122 e. The quantitative estimate of drug-likeness (QED) is 0.540. The van der Waals surface area contributed by atoms with Gasteiger partial charge in [-0.05, 0) is 55.9 Å². The molecule has 114 valence electrons. The second kappa shape index (κ2) is 8.35. The van der Waals surface area contributed by atoms with Crippen LogP contribution in [0.4, 0.5) is 0 Å². The average molecular weight is 305 g/mol. The highest BCUT2D eigenvalue weighted by atomic mass is 35.5. The summed E-state index contributed by atoms with van der Waals surface area (Å²) in [5, 5.41) is 0. The van der Waals surface area contributed by atoms with Gasteiger partial charge in [-0.2, -0.15) is 0 Å². The van der Waals surface area contributed by atoms with Crippen molar-refractivity contribution in [3.05, 3.63) is 29.3 Å². The van der Waals surface area contributed by atoms with Gasteiger partial charge < -0.3 is 4.74 Å². The molecule has 2 heteroatoms. The zero-order chi connectivity index (χ0) is 15.1. The molecule has 0 radical (unpaired) electrons. The van der Waals surface area contributed by atoms with E-state index in [1.54, 1.807) is 0 Å². The maximum atomic E-state index is 6.23. The Morgan fingerprint density at radius 3 is 2.90 bits per heavy atom. The molecule has 0 spiro atoms.